The van der Waals surface area contributed by atoms with Gasteiger partial charge in [0, 0.05) is 6.54 Å². The summed E-state index contributed by atoms with van der Waals surface area (Å²) < 4.78 is 12.5. The summed E-state index contributed by atoms with van der Waals surface area (Å²) in [5, 5.41) is 3.16. The first kappa shape index (κ1) is 9.65. The van der Waals surface area contributed by atoms with E-state index in [9.17, 15) is 4.39 Å². The topological polar surface area (TPSA) is 24.9 Å². The predicted molar refractivity (Wildman–Crippen MR) is 58.0 cm³/mol. The van der Waals surface area contributed by atoms with E-state index in [0.29, 0.717) is 6.54 Å². The number of aromatic nitrogens is 1. The molecule has 1 aromatic carbocycles. The van der Waals surface area contributed by atoms with Gasteiger partial charge in [-0.25, -0.2) is 4.98 Å². The lowest BCUT2D eigenvalue weighted by molar-refractivity contribution is 0.584. The predicted octanol–water partition coefficient (Wildman–Crippen LogP) is 2.83. The summed E-state index contributed by atoms with van der Waals surface area (Å²) in [6, 6.07) is 13.0. The van der Waals surface area contributed by atoms with E-state index in [-0.39, 0.29) is 0 Å². The van der Waals surface area contributed by atoms with E-state index in [2.05, 4.69) is 10.3 Å². The van der Waals surface area contributed by atoms with Crippen molar-refractivity contribution in [3.8, 4) is 0 Å². The van der Waals surface area contributed by atoms with E-state index < -0.39 is 5.95 Å². The summed E-state index contributed by atoms with van der Waals surface area (Å²) in [6.45, 7) is 0.716. The second-order valence-electron chi connectivity index (χ2n) is 3.21. The van der Waals surface area contributed by atoms with Gasteiger partial charge in [-0.1, -0.05) is 30.3 Å². The van der Waals surface area contributed by atoms with Gasteiger partial charge in [0.25, 0.3) is 0 Å². The summed E-state index contributed by atoms with van der Waals surface area (Å²) in [7, 11) is 0. The number of nitrogens with one attached hydrogen (secondary N) is 1. The van der Waals surface area contributed by atoms with Gasteiger partial charge in [-0.2, -0.15) is 4.39 Å². The first-order valence-electron chi connectivity index (χ1n) is 4.74. The number of anilines is 1. The Morgan fingerprint density at radius 2 is 1.87 bits per heavy atom. The number of benzene rings is 1. The zero-order chi connectivity index (χ0) is 10.5. The molecule has 0 amide bonds. The number of hydrogen-bond donors (Lipinski definition) is 1. The molecule has 1 N–H and O–H groups in total. The largest absolute Gasteiger partial charge is 0.380 e. The van der Waals surface area contributed by atoms with E-state index in [1.54, 1.807) is 6.07 Å². The lowest BCUT2D eigenvalue weighted by atomic mass is 10.2. The molecular formula is C12H11FN2. The Bertz CT molecular complexity index is 411. The molecule has 0 saturated heterocycles. The summed E-state index contributed by atoms with van der Waals surface area (Å²) >= 11 is 0. The van der Waals surface area contributed by atoms with Gasteiger partial charge in [-0.15, -0.1) is 0 Å². The lowest BCUT2D eigenvalue weighted by Crippen LogP contribution is -1.99. The van der Waals surface area contributed by atoms with E-state index in [0.717, 1.165) is 5.69 Å². The third-order valence-corrected chi connectivity index (χ3v) is 2.07. The highest BCUT2D eigenvalue weighted by Gasteiger charge is 1.94. The first-order chi connectivity index (χ1) is 7.34. The van der Waals surface area contributed by atoms with Gasteiger partial charge >= 0.3 is 0 Å². The third kappa shape index (κ3) is 2.77. The highest BCUT2D eigenvalue weighted by Crippen LogP contribution is 2.07. The molecule has 1 heterocycles. The lowest BCUT2D eigenvalue weighted by Gasteiger charge is -2.05. The van der Waals surface area contributed by atoms with Crippen LogP contribution in [0.15, 0.2) is 48.7 Å². The molecule has 15 heavy (non-hydrogen) atoms. The summed E-state index contributed by atoms with van der Waals surface area (Å²) in [5.41, 5.74) is 2.00. The number of nitrogens with zero attached hydrogens (tertiary/aromatic N) is 1. The monoisotopic (exact) mass is 202 g/mol. The number of hydrogen-bond acceptors (Lipinski definition) is 2. The highest BCUT2D eigenvalue weighted by atomic mass is 19.1. The van der Waals surface area contributed by atoms with Crippen molar-refractivity contribution in [1.29, 1.82) is 0 Å². The number of rotatable bonds is 3. The maximum atomic E-state index is 12.5. The van der Waals surface area contributed by atoms with Crippen LogP contribution >= 0.6 is 0 Å². The fourth-order valence-corrected chi connectivity index (χ4v) is 1.28. The Hall–Kier alpha value is -1.90. The van der Waals surface area contributed by atoms with Gasteiger partial charge in [-0.05, 0) is 17.7 Å². The summed E-state index contributed by atoms with van der Waals surface area (Å²) in [4.78, 5) is 3.56. The minimum Gasteiger partial charge on any atom is -0.380 e. The Morgan fingerprint density at radius 3 is 2.53 bits per heavy atom. The van der Waals surface area contributed by atoms with Gasteiger partial charge in [-0.3, -0.25) is 0 Å². The molecule has 0 fully saturated rings. The molecule has 1 aromatic heterocycles. The zero-order valence-electron chi connectivity index (χ0n) is 8.15. The third-order valence-electron chi connectivity index (χ3n) is 2.07. The van der Waals surface area contributed by atoms with Crippen LogP contribution in [0.25, 0.3) is 0 Å². The van der Waals surface area contributed by atoms with Crippen molar-refractivity contribution in [1.82, 2.24) is 4.98 Å². The Labute approximate surface area is 87.8 Å². The standard InChI is InChI=1S/C12H11FN2/c13-12-7-6-11(9-15-12)14-8-10-4-2-1-3-5-10/h1-7,9,14H,8H2. The quantitative estimate of drug-likeness (QED) is 0.774. The van der Waals surface area contributed by atoms with Crippen LogP contribution in [0.3, 0.4) is 0 Å². The van der Waals surface area contributed by atoms with Crippen LogP contribution in [0.5, 0.6) is 0 Å². The smallest absolute Gasteiger partial charge is 0.212 e. The molecule has 0 bridgehead atoms. The van der Waals surface area contributed by atoms with Crippen LogP contribution in [0.1, 0.15) is 5.56 Å². The fourth-order valence-electron chi connectivity index (χ4n) is 1.28. The van der Waals surface area contributed by atoms with Crippen LogP contribution in [0.2, 0.25) is 0 Å². The number of pyridine rings is 1. The van der Waals surface area contributed by atoms with Crippen LogP contribution in [-0.2, 0) is 6.54 Å². The molecule has 0 spiro atoms. The molecule has 0 aliphatic heterocycles. The minimum absolute atomic E-state index is 0.458. The van der Waals surface area contributed by atoms with Crippen LogP contribution in [0.4, 0.5) is 10.1 Å². The van der Waals surface area contributed by atoms with Gasteiger partial charge in [0.1, 0.15) is 0 Å². The Balaban J connectivity index is 1.96. The molecule has 3 heteroatoms. The van der Waals surface area contributed by atoms with Crippen molar-refractivity contribution in [2.45, 2.75) is 6.54 Å². The average Bonchev–Trinajstić information content (AvgIpc) is 2.30. The van der Waals surface area contributed by atoms with Crippen molar-refractivity contribution >= 4 is 5.69 Å². The van der Waals surface area contributed by atoms with E-state index in [4.69, 9.17) is 0 Å². The van der Waals surface area contributed by atoms with Gasteiger partial charge in [0.05, 0.1) is 11.9 Å². The van der Waals surface area contributed by atoms with Crippen molar-refractivity contribution in [3.63, 3.8) is 0 Å². The molecular weight excluding hydrogens is 191 g/mol. The minimum atomic E-state index is -0.458. The SMILES string of the molecule is Fc1ccc(NCc2ccccc2)cn1. The molecule has 0 atom stereocenters. The molecule has 0 unspecified atom stereocenters. The summed E-state index contributed by atoms with van der Waals surface area (Å²) in [6.07, 6.45) is 1.48. The maximum absolute atomic E-state index is 12.5. The van der Waals surface area contributed by atoms with Gasteiger partial charge < -0.3 is 5.32 Å². The normalized spacial score (nSPS) is 9.93. The van der Waals surface area contributed by atoms with E-state index in [1.807, 2.05) is 30.3 Å². The highest BCUT2D eigenvalue weighted by molar-refractivity contribution is 5.40. The molecule has 0 saturated carbocycles. The Morgan fingerprint density at radius 1 is 1.07 bits per heavy atom. The fraction of sp³-hybridized carbons (Fsp3) is 0.0833. The van der Waals surface area contributed by atoms with Gasteiger partial charge in [0.15, 0.2) is 0 Å². The van der Waals surface area contributed by atoms with Crippen LogP contribution in [-0.4, -0.2) is 4.98 Å². The number of halogens is 1. The molecule has 0 aliphatic rings. The Kier molecular flexibility index (Phi) is 2.93. The van der Waals surface area contributed by atoms with E-state index >= 15 is 0 Å². The van der Waals surface area contributed by atoms with E-state index in [1.165, 1.54) is 17.8 Å². The molecule has 0 aliphatic carbocycles. The molecule has 2 rings (SSSR count). The van der Waals surface area contributed by atoms with Crippen molar-refractivity contribution in [2.24, 2.45) is 0 Å². The molecule has 2 nitrogen and oxygen atoms in total. The van der Waals surface area contributed by atoms with Crippen LogP contribution in [0, 0.1) is 5.95 Å². The van der Waals surface area contributed by atoms with Crippen molar-refractivity contribution in [3.05, 3.63) is 60.2 Å². The first-order valence-corrected chi connectivity index (χ1v) is 4.74. The molecule has 0 radical (unpaired) electrons. The van der Waals surface area contributed by atoms with Gasteiger partial charge in [0.2, 0.25) is 5.95 Å². The van der Waals surface area contributed by atoms with Crippen LogP contribution < -0.4 is 5.32 Å². The maximum Gasteiger partial charge on any atom is 0.212 e. The second kappa shape index (κ2) is 4.55. The zero-order valence-corrected chi connectivity index (χ0v) is 8.15. The molecule has 76 valence electrons. The van der Waals surface area contributed by atoms with Crippen molar-refractivity contribution in [2.75, 3.05) is 5.32 Å². The molecule has 2 aromatic rings. The second-order valence-corrected chi connectivity index (χ2v) is 3.21. The summed E-state index contributed by atoms with van der Waals surface area (Å²) in [5.74, 6) is -0.458. The van der Waals surface area contributed by atoms with Crippen molar-refractivity contribution < 1.29 is 4.39 Å². The average molecular weight is 202 g/mol.